The van der Waals surface area contributed by atoms with Crippen molar-refractivity contribution in [3.63, 3.8) is 0 Å². The van der Waals surface area contributed by atoms with E-state index in [1.807, 2.05) is 6.07 Å². The van der Waals surface area contributed by atoms with Crippen LogP contribution in [0.2, 0.25) is 0 Å². The number of anilines is 1. The second-order valence-corrected chi connectivity index (χ2v) is 3.67. The lowest BCUT2D eigenvalue weighted by Crippen LogP contribution is -1.99. The first kappa shape index (κ1) is 13.0. The van der Waals surface area contributed by atoms with Crippen LogP contribution in [-0.4, -0.2) is 14.8 Å². The first-order chi connectivity index (χ1) is 9.43. The smallest absolute Gasteiger partial charge is 0.340 e. The summed E-state index contributed by atoms with van der Waals surface area (Å²) < 4.78 is 0. The molecule has 0 radical (unpaired) electrons. The predicted molar refractivity (Wildman–Crippen MR) is 69.2 cm³/mol. The lowest BCUT2D eigenvalue weighted by Gasteiger charge is -2.01. The molecule has 10 heteroatoms. The van der Waals surface area contributed by atoms with Crippen molar-refractivity contribution in [2.75, 3.05) is 5.73 Å². The summed E-state index contributed by atoms with van der Waals surface area (Å²) in [6.45, 7) is 0. The normalized spacial score (nSPS) is 9.80. The molecule has 2 aromatic rings. The van der Waals surface area contributed by atoms with Gasteiger partial charge in [0.25, 0.3) is 11.4 Å². The number of nitro benzene ring substituents is 2. The number of hydrogen-bond acceptors (Lipinski definition) is 7. The molecule has 0 saturated carbocycles. The highest BCUT2D eigenvalue weighted by Gasteiger charge is 2.22. The van der Waals surface area contributed by atoms with Gasteiger partial charge in [-0.3, -0.25) is 20.2 Å². The van der Waals surface area contributed by atoms with Crippen LogP contribution >= 0.6 is 0 Å². The van der Waals surface area contributed by atoms with Gasteiger partial charge in [-0.15, -0.1) is 0 Å². The second-order valence-electron chi connectivity index (χ2n) is 3.67. The Balaban J connectivity index is 2.89. The number of hydrogen-bond donors (Lipinski definition) is 1. The molecule has 20 heavy (non-hydrogen) atoms. The number of nitro groups is 2. The summed E-state index contributed by atoms with van der Waals surface area (Å²) in [4.78, 5) is 23.9. The van der Waals surface area contributed by atoms with E-state index >= 15 is 0 Å². The Morgan fingerprint density at radius 1 is 1.20 bits per heavy atom. The van der Waals surface area contributed by atoms with Crippen molar-refractivity contribution >= 4 is 28.1 Å². The minimum Gasteiger partial charge on any atom is -0.498 e. The van der Waals surface area contributed by atoms with Gasteiger partial charge in [-0.2, -0.15) is 0 Å². The lowest BCUT2D eigenvalue weighted by atomic mass is 10.1. The highest BCUT2D eigenvalue weighted by atomic mass is 16.6. The average molecular weight is 275 g/mol. The van der Waals surface area contributed by atoms with Crippen molar-refractivity contribution in [3.05, 3.63) is 54.2 Å². The van der Waals surface area contributed by atoms with E-state index < -0.39 is 21.2 Å². The fraction of sp³-hybridized carbons (Fsp3) is 0. The number of fused-ring (bicyclic) bond motifs is 1. The molecule has 0 bridgehead atoms. The van der Waals surface area contributed by atoms with Crippen molar-refractivity contribution < 1.29 is 9.85 Å². The zero-order chi connectivity index (χ0) is 14.9. The maximum atomic E-state index is 11.0. The highest BCUT2D eigenvalue weighted by Crippen LogP contribution is 2.31. The number of nitrogens with zero attached hydrogens (tertiary/aromatic N) is 4. The number of non-ortho nitro benzene ring substituents is 2. The van der Waals surface area contributed by atoms with Gasteiger partial charge in [-0.1, -0.05) is 0 Å². The Labute approximate surface area is 110 Å². The van der Waals surface area contributed by atoms with Gasteiger partial charge < -0.3 is 10.9 Å². The minimum atomic E-state index is -0.786. The quantitative estimate of drug-likeness (QED) is 0.647. The number of pyridine rings is 1. The second kappa shape index (κ2) is 4.65. The summed E-state index contributed by atoms with van der Waals surface area (Å²) in [6.07, 6.45) is 0. The monoisotopic (exact) mass is 275 g/mol. The van der Waals surface area contributed by atoms with E-state index in [-0.39, 0.29) is 22.3 Å². The molecule has 0 amide bonds. The molecule has 0 aliphatic heterocycles. The summed E-state index contributed by atoms with van der Waals surface area (Å²) in [5, 5.41) is 34.2. The van der Waals surface area contributed by atoms with Crippen LogP contribution in [0.1, 0.15) is 5.56 Å². The number of aromatic nitrogens is 1. The van der Waals surface area contributed by atoms with E-state index in [9.17, 15) is 25.4 Å². The molecule has 2 rings (SSSR count). The Hall–Kier alpha value is -3.48. The molecule has 0 unspecified atom stereocenters. The third-order valence-electron chi connectivity index (χ3n) is 2.50. The van der Waals surface area contributed by atoms with E-state index in [0.717, 1.165) is 12.1 Å². The van der Waals surface area contributed by atoms with Crippen LogP contribution in [0.5, 0.6) is 0 Å². The summed E-state index contributed by atoms with van der Waals surface area (Å²) in [6, 6.07) is 5.03. The zero-order valence-electron chi connectivity index (χ0n) is 9.64. The molecule has 0 aliphatic carbocycles. The average Bonchev–Trinajstić information content (AvgIpc) is 2.38. The summed E-state index contributed by atoms with van der Waals surface area (Å²) in [5.74, 6) is -0.160. The molecule has 0 saturated heterocycles. The van der Waals surface area contributed by atoms with Gasteiger partial charge in [-0.25, -0.2) is 4.98 Å². The Bertz CT molecular complexity index is 807. The van der Waals surface area contributed by atoms with E-state index in [1.54, 1.807) is 0 Å². The Morgan fingerprint density at radius 2 is 1.90 bits per heavy atom. The molecule has 1 aromatic carbocycles. The Morgan fingerprint density at radius 3 is 2.45 bits per heavy atom. The lowest BCUT2D eigenvalue weighted by molar-refractivity contribution is -0.393. The molecule has 1 heterocycles. The molecule has 1 aromatic heterocycles. The molecular weight excluding hydrogens is 270 g/mol. The van der Waals surface area contributed by atoms with Crippen LogP contribution in [-0.2, 0) is 0 Å². The van der Waals surface area contributed by atoms with Crippen molar-refractivity contribution in [2.45, 2.75) is 0 Å². The van der Waals surface area contributed by atoms with Crippen molar-refractivity contribution in [2.24, 2.45) is 0 Å². The van der Waals surface area contributed by atoms with Crippen LogP contribution in [0.4, 0.5) is 17.2 Å². The van der Waals surface area contributed by atoms with E-state index in [1.165, 1.54) is 6.07 Å². The van der Waals surface area contributed by atoms with Gasteiger partial charge in [0.2, 0.25) is 0 Å². The number of nitrogen functional groups attached to an aromatic ring is 1. The van der Waals surface area contributed by atoms with Crippen LogP contribution in [0.3, 0.4) is 0 Å². The summed E-state index contributed by atoms with van der Waals surface area (Å²) in [7, 11) is 0. The fourth-order valence-electron chi connectivity index (χ4n) is 1.65. The fourth-order valence-corrected chi connectivity index (χ4v) is 1.65. The van der Waals surface area contributed by atoms with Crippen LogP contribution in [0, 0.1) is 31.5 Å². The minimum absolute atomic E-state index is 0.000880. The van der Waals surface area contributed by atoms with Crippen molar-refractivity contribution in [3.8, 4) is 6.07 Å². The maximum Gasteiger partial charge on any atom is 0.340 e. The first-order valence-corrected chi connectivity index (χ1v) is 5.05. The molecule has 0 aliphatic rings. The van der Waals surface area contributed by atoms with E-state index in [0.29, 0.717) is 0 Å². The number of rotatable bonds is 2. The molecule has 10 nitrogen and oxygen atoms in total. The number of nitrogens with two attached hydrogens (primary N) is 1. The van der Waals surface area contributed by atoms with Gasteiger partial charge in [0.05, 0.1) is 26.8 Å². The van der Waals surface area contributed by atoms with E-state index in [4.69, 9.17) is 5.73 Å². The topological polar surface area (TPSA) is 153 Å². The van der Waals surface area contributed by atoms with Crippen molar-refractivity contribution in [1.82, 2.24) is 4.98 Å². The molecule has 0 spiro atoms. The molecule has 100 valence electrons. The SMILES string of the molecule is Nc1nc2cc([N+](=O)[O-])cc([N+](=O)[O-])c2cc1C#[N+][O-]. The predicted octanol–water partition coefficient (Wildman–Crippen LogP) is 1.81. The molecule has 2 N–H and O–H groups in total. The third-order valence-corrected chi connectivity index (χ3v) is 2.50. The maximum absolute atomic E-state index is 11.0. The summed E-state index contributed by atoms with van der Waals surface area (Å²) in [5.41, 5.74) is 4.46. The Kier molecular flexibility index (Phi) is 3.02. The standard InChI is InChI=1S/C10H5N5O5/c11-10-5(4-12-16)1-7-8(13-10)2-6(14(17)18)3-9(7)15(19)20/h1-3H,(H2,11,13). The largest absolute Gasteiger partial charge is 0.498 e. The first-order valence-electron chi connectivity index (χ1n) is 5.05. The van der Waals surface area contributed by atoms with Gasteiger partial charge in [-0.05, 0) is 6.07 Å². The third kappa shape index (κ3) is 2.10. The van der Waals surface area contributed by atoms with Gasteiger partial charge in [0.15, 0.2) is 0 Å². The van der Waals surface area contributed by atoms with Gasteiger partial charge in [0.1, 0.15) is 11.4 Å². The highest BCUT2D eigenvalue weighted by molar-refractivity contribution is 5.92. The molecular formula is C10H5N5O5. The molecule has 0 fully saturated rings. The van der Waals surface area contributed by atoms with Gasteiger partial charge >= 0.3 is 6.07 Å². The number of benzene rings is 1. The van der Waals surface area contributed by atoms with Gasteiger partial charge in [0, 0.05) is 11.1 Å². The van der Waals surface area contributed by atoms with E-state index in [2.05, 4.69) is 9.99 Å². The molecule has 0 atom stereocenters. The van der Waals surface area contributed by atoms with Crippen LogP contribution < -0.4 is 5.73 Å². The zero-order valence-corrected chi connectivity index (χ0v) is 9.64. The van der Waals surface area contributed by atoms with Crippen molar-refractivity contribution in [1.29, 1.82) is 0 Å². The summed E-state index contributed by atoms with van der Waals surface area (Å²) >= 11 is 0. The van der Waals surface area contributed by atoms with Crippen LogP contribution in [0.15, 0.2) is 18.2 Å². The van der Waals surface area contributed by atoms with Crippen LogP contribution in [0.25, 0.3) is 15.9 Å².